The molecule has 122 valence electrons. The number of methoxy groups -OCH3 is 1. The third kappa shape index (κ3) is 5.59. The van der Waals surface area contributed by atoms with E-state index in [1.807, 2.05) is 24.3 Å². The molecule has 0 aliphatic carbocycles. The number of carbonyl (C=O) groups excluding carboxylic acids is 1. The number of ether oxygens (including phenoxy) is 1. The second-order valence-corrected chi connectivity index (χ2v) is 6.25. The third-order valence-corrected chi connectivity index (χ3v) is 4.50. The van der Waals surface area contributed by atoms with E-state index in [4.69, 9.17) is 16.3 Å². The van der Waals surface area contributed by atoms with Gasteiger partial charge in [0.25, 0.3) is 0 Å². The molecule has 1 aliphatic rings. The van der Waals surface area contributed by atoms with E-state index >= 15 is 0 Å². The highest BCUT2D eigenvalue weighted by molar-refractivity contribution is 6.30. The Morgan fingerprint density at radius 2 is 2.05 bits per heavy atom. The number of piperidine rings is 1. The first kappa shape index (κ1) is 17.3. The highest BCUT2D eigenvalue weighted by atomic mass is 35.5. The van der Waals surface area contributed by atoms with Crippen LogP contribution in [0.5, 0.6) is 0 Å². The monoisotopic (exact) mass is 324 g/mol. The standard InChI is InChI=1S/C17H25ClN2O2/c1-22-16(14-3-5-15(18)6-4-14)12-20-17(21)7-2-13-8-10-19-11-9-13/h3-6,13,16,19H,2,7-12H2,1H3,(H,20,21). The van der Waals surface area contributed by atoms with Gasteiger partial charge in [-0.3, -0.25) is 4.79 Å². The number of nitrogens with one attached hydrogen (secondary N) is 2. The quantitative estimate of drug-likeness (QED) is 0.811. The highest BCUT2D eigenvalue weighted by Crippen LogP contribution is 2.19. The maximum atomic E-state index is 12.0. The SMILES string of the molecule is COC(CNC(=O)CCC1CCNCC1)c1ccc(Cl)cc1. The van der Waals surface area contributed by atoms with Crippen molar-refractivity contribution in [2.75, 3.05) is 26.7 Å². The molecule has 1 atom stereocenters. The van der Waals surface area contributed by atoms with Gasteiger partial charge in [0.2, 0.25) is 5.91 Å². The lowest BCUT2D eigenvalue weighted by atomic mass is 9.93. The van der Waals surface area contributed by atoms with Gasteiger partial charge in [0.1, 0.15) is 0 Å². The summed E-state index contributed by atoms with van der Waals surface area (Å²) in [6, 6.07) is 7.53. The van der Waals surface area contributed by atoms with Crippen LogP contribution in [0.1, 0.15) is 37.4 Å². The molecule has 1 heterocycles. The van der Waals surface area contributed by atoms with Crippen LogP contribution in [0.3, 0.4) is 0 Å². The van der Waals surface area contributed by atoms with Gasteiger partial charge in [-0.2, -0.15) is 0 Å². The molecule has 1 aromatic carbocycles. The van der Waals surface area contributed by atoms with E-state index in [1.54, 1.807) is 7.11 Å². The summed E-state index contributed by atoms with van der Waals surface area (Å²) in [5.74, 6) is 0.788. The van der Waals surface area contributed by atoms with Gasteiger partial charge in [-0.05, 0) is 56.0 Å². The molecule has 1 aromatic rings. The van der Waals surface area contributed by atoms with Gasteiger partial charge in [-0.1, -0.05) is 23.7 Å². The van der Waals surface area contributed by atoms with E-state index in [1.165, 1.54) is 12.8 Å². The lowest BCUT2D eigenvalue weighted by molar-refractivity contribution is -0.122. The summed E-state index contributed by atoms with van der Waals surface area (Å²) in [5.41, 5.74) is 1.02. The molecule has 1 amide bonds. The Kier molecular flexibility index (Phi) is 7.16. The van der Waals surface area contributed by atoms with E-state index < -0.39 is 0 Å². The minimum atomic E-state index is -0.139. The number of benzene rings is 1. The molecule has 0 radical (unpaired) electrons. The fraction of sp³-hybridized carbons (Fsp3) is 0.588. The zero-order chi connectivity index (χ0) is 15.8. The lowest BCUT2D eigenvalue weighted by Crippen LogP contribution is -2.31. The van der Waals surface area contributed by atoms with Crippen molar-refractivity contribution in [3.8, 4) is 0 Å². The van der Waals surface area contributed by atoms with Gasteiger partial charge >= 0.3 is 0 Å². The Bertz CT molecular complexity index is 458. The Balaban J connectivity index is 1.72. The first-order valence-electron chi connectivity index (χ1n) is 7.94. The van der Waals surface area contributed by atoms with Crippen molar-refractivity contribution >= 4 is 17.5 Å². The number of rotatable bonds is 7. The fourth-order valence-electron chi connectivity index (χ4n) is 2.82. The maximum absolute atomic E-state index is 12.0. The summed E-state index contributed by atoms with van der Waals surface area (Å²) in [7, 11) is 1.65. The van der Waals surface area contributed by atoms with Gasteiger partial charge in [0.05, 0.1) is 6.10 Å². The molecule has 1 fully saturated rings. The van der Waals surface area contributed by atoms with Gasteiger partial charge in [0, 0.05) is 25.1 Å². The van der Waals surface area contributed by atoms with Crippen molar-refractivity contribution in [3.05, 3.63) is 34.9 Å². The normalized spacial score (nSPS) is 17.2. The molecule has 0 spiro atoms. The molecule has 1 aliphatic heterocycles. The Morgan fingerprint density at radius 3 is 2.68 bits per heavy atom. The van der Waals surface area contributed by atoms with Gasteiger partial charge in [-0.25, -0.2) is 0 Å². The molecule has 1 saturated heterocycles. The largest absolute Gasteiger partial charge is 0.375 e. The molecule has 5 heteroatoms. The minimum absolute atomic E-state index is 0.106. The van der Waals surface area contributed by atoms with Gasteiger partial charge < -0.3 is 15.4 Å². The van der Waals surface area contributed by atoms with E-state index in [0.717, 1.165) is 25.1 Å². The molecular weight excluding hydrogens is 300 g/mol. The van der Waals surface area contributed by atoms with Crippen LogP contribution in [0.4, 0.5) is 0 Å². The number of amides is 1. The first-order valence-corrected chi connectivity index (χ1v) is 8.32. The Labute approximate surface area is 137 Å². The summed E-state index contributed by atoms with van der Waals surface area (Å²) in [5, 5.41) is 7.02. The number of hydrogen-bond acceptors (Lipinski definition) is 3. The highest BCUT2D eigenvalue weighted by Gasteiger charge is 2.16. The Morgan fingerprint density at radius 1 is 1.36 bits per heavy atom. The van der Waals surface area contributed by atoms with Crippen molar-refractivity contribution in [3.63, 3.8) is 0 Å². The topological polar surface area (TPSA) is 50.4 Å². The smallest absolute Gasteiger partial charge is 0.220 e. The molecule has 2 N–H and O–H groups in total. The van der Waals surface area contributed by atoms with Crippen LogP contribution in [0.15, 0.2) is 24.3 Å². The maximum Gasteiger partial charge on any atom is 0.220 e. The van der Waals surface area contributed by atoms with Crippen LogP contribution in [0.25, 0.3) is 0 Å². The summed E-state index contributed by atoms with van der Waals surface area (Å²) in [4.78, 5) is 12.0. The predicted molar refractivity (Wildman–Crippen MR) is 89.0 cm³/mol. The van der Waals surface area contributed by atoms with E-state index in [2.05, 4.69) is 10.6 Å². The predicted octanol–water partition coefficient (Wildman–Crippen LogP) is 2.92. The second kappa shape index (κ2) is 9.13. The number of carbonyl (C=O) groups is 1. The molecule has 2 rings (SSSR count). The summed E-state index contributed by atoms with van der Waals surface area (Å²) in [6.45, 7) is 2.65. The van der Waals surface area contributed by atoms with Crippen molar-refractivity contribution in [2.45, 2.75) is 31.8 Å². The first-order chi connectivity index (χ1) is 10.7. The van der Waals surface area contributed by atoms with Crippen LogP contribution in [-0.2, 0) is 9.53 Å². The van der Waals surface area contributed by atoms with Crippen molar-refractivity contribution in [1.29, 1.82) is 0 Å². The second-order valence-electron chi connectivity index (χ2n) is 5.81. The minimum Gasteiger partial charge on any atom is -0.375 e. The zero-order valence-electron chi connectivity index (χ0n) is 13.1. The zero-order valence-corrected chi connectivity index (χ0v) is 13.9. The summed E-state index contributed by atoms with van der Waals surface area (Å²) < 4.78 is 5.46. The van der Waals surface area contributed by atoms with Crippen LogP contribution in [0, 0.1) is 5.92 Å². The molecule has 22 heavy (non-hydrogen) atoms. The fourth-order valence-corrected chi connectivity index (χ4v) is 2.94. The van der Waals surface area contributed by atoms with E-state index in [-0.39, 0.29) is 12.0 Å². The van der Waals surface area contributed by atoms with Crippen LogP contribution in [-0.4, -0.2) is 32.7 Å². The summed E-state index contributed by atoms with van der Waals surface area (Å²) in [6.07, 6.45) is 3.80. The van der Waals surface area contributed by atoms with Crippen LogP contribution >= 0.6 is 11.6 Å². The average molecular weight is 325 g/mol. The lowest BCUT2D eigenvalue weighted by Gasteiger charge is -2.22. The molecule has 0 saturated carbocycles. The molecule has 1 unspecified atom stereocenters. The average Bonchev–Trinajstić information content (AvgIpc) is 2.56. The molecule has 0 aromatic heterocycles. The molecular formula is C17H25ClN2O2. The van der Waals surface area contributed by atoms with Gasteiger partial charge in [0.15, 0.2) is 0 Å². The third-order valence-electron chi connectivity index (χ3n) is 4.25. The van der Waals surface area contributed by atoms with Crippen molar-refractivity contribution in [1.82, 2.24) is 10.6 Å². The van der Waals surface area contributed by atoms with E-state index in [9.17, 15) is 4.79 Å². The number of hydrogen-bond donors (Lipinski definition) is 2. The Hall–Kier alpha value is -1.10. The molecule has 4 nitrogen and oxygen atoms in total. The van der Waals surface area contributed by atoms with Crippen LogP contribution < -0.4 is 10.6 Å². The van der Waals surface area contributed by atoms with Crippen LogP contribution in [0.2, 0.25) is 5.02 Å². The molecule has 0 bridgehead atoms. The van der Waals surface area contributed by atoms with E-state index in [0.29, 0.717) is 23.9 Å². The van der Waals surface area contributed by atoms with Gasteiger partial charge in [-0.15, -0.1) is 0 Å². The van der Waals surface area contributed by atoms with Crippen molar-refractivity contribution in [2.24, 2.45) is 5.92 Å². The summed E-state index contributed by atoms with van der Waals surface area (Å²) >= 11 is 5.89. The number of halogens is 1. The van der Waals surface area contributed by atoms with Crippen molar-refractivity contribution < 1.29 is 9.53 Å².